The Morgan fingerprint density at radius 1 is 1.33 bits per heavy atom. The van der Waals surface area contributed by atoms with Crippen molar-refractivity contribution in [3.05, 3.63) is 30.1 Å². The van der Waals surface area contributed by atoms with E-state index in [-0.39, 0.29) is 17.8 Å². The van der Waals surface area contributed by atoms with Crippen LogP contribution in [-0.4, -0.2) is 31.2 Å². The molecule has 0 bridgehead atoms. The molecule has 18 heavy (non-hydrogen) atoms. The van der Waals surface area contributed by atoms with E-state index >= 15 is 0 Å². The van der Waals surface area contributed by atoms with Gasteiger partial charge >= 0.3 is 0 Å². The third kappa shape index (κ3) is 6.09. The Kier molecular flexibility index (Phi) is 5.71. The predicted octanol–water partition coefficient (Wildman–Crippen LogP) is 0.669. The molecule has 0 amide bonds. The maximum Gasteiger partial charge on any atom is 0.212 e. The molecule has 0 fully saturated rings. The number of pyridine rings is 1. The van der Waals surface area contributed by atoms with Crippen molar-refractivity contribution >= 4 is 10.0 Å². The van der Waals surface area contributed by atoms with Crippen LogP contribution in [0.1, 0.15) is 25.8 Å². The molecule has 0 aliphatic rings. The second kappa shape index (κ2) is 6.82. The molecule has 3 N–H and O–H groups in total. The van der Waals surface area contributed by atoms with E-state index < -0.39 is 10.0 Å². The predicted molar refractivity (Wildman–Crippen MR) is 72.6 cm³/mol. The molecule has 0 aromatic carbocycles. The SMILES string of the molecule is CC(N)CC(C)NS(=O)(=O)CCc1ccncc1. The molecule has 0 spiro atoms. The molecule has 1 aromatic heterocycles. The van der Waals surface area contributed by atoms with Crippen molar-refractivity contribution in [2.24, 2.45) is 5.73 Å². The minimum Gasteiger partial charge on any atom is -0.328 e. The lowest BCUT2D eigenvalue weighted by atomic mass is 10.1. The van der Waals surface area contributed by atoms with Crippen molar-refractivity contribution in [1.82, 2.24) is 9.71 Å². The van der Waals surface area contributed by atoms with E-state index in [1.165, 1.54) is 0 Å². The third-order valence-corrected chi connectivity index (χ3v) is 4.02. The van der Waals surface area contributed by atoms with Crippen molar-refractivity contribution in [3.63, 3.8) is 0 Å². The van der Waals surface area contributed by atoms with Gasteiger partial charge in [0.25, 0.3) is 0 Å². The molecule has 2 unspecified atom stereocenters. The molecule has 1 aromatic rings. The monoisotopic (exact) mass is 271 g/mol. The zero-order chi connectivity index (χ0) is 13.6. The normalized spacial score (nSPS) is 15.3. The Bertz CT molecular complexity index is 446. The number of sulfonamides is 1. The summed E-state index contributed by atoms with van der Waals surface area (Å²) in [5.41, 5.74) is 6.60. The summed E-state index contributed by atoms with van der Waals surface area (Å²) in [6.07, 6.45) is 4.44. The molecule has 1 rings (SSSR count). The highest BCUT2D eigenvalue weighted by Crippen LogP contribution is 2.02. The van der Waals surface area contributed by atoms with Gasteiger partial charge in [0.05, 0.1) is 5.75 Å². The van der Waals surface area contributed by atoms with Crippen molar-refractivity contribution in [1.29, 1.82) is 0 Å². The largest absolute Gasteiger partial charge is 0.328 e. The van der Waals surface area contributed by atoms with Gasteiger partial charge in [-0.05, 0) is 44.4 Å². The molecule has 6 heteroatoms. The first kappa shape index (κ1) is 15.1. The molecular weight excluding hydrogens is 250 g/mol. The van der Waals surface area contributed by atoms with Gasteiger partial charge in [-0.1, -0.05) is 0 Å². The van der Waals surface area contributed by atoms with E-state index in [1.54, 1.807) is 12.4 Å². The van der Waals surface area contributed by atoms with E-state index in [4.69, 9.17) is 5.73 Å². The summed E-state index contributed by atoms with van der Waals surface area (Å²) >= 11 is 0. The van der Waals surface area contributed by atoms with Gasteiger partial charge in [0.2, 0.25) is 10.0 Å². The molecule has 102 valence electrons. The van der Waals surface area contributed by atoms with Gasteiger partial charge in [-0.15, -0.1) is 0 Å². The number of nitrogens with zero attached hydrogens (tertiary/aromatic N) is 1. The third-order valence-electron chi connectivity index (χ3n) is 2.51. The molecular formula is C12H21N3O2S. The number of nitrogens with two attached hydrogens (primary N) is 1. The number of rotatable bonds is 7. The second-order valence-corrected chi connectivity index (χ2v) is 6.53. The van der Waals surface area contributed by atoms with Crippen LogP contribution in [0.25, 0.3) is 0 Å². The van der Waals surface area contributed by atoms with Crippen molar-refractivity contribution in [2.45, 2.75) is 38.8 Å². The van der Waals surface area contributed by atoms with E-state index in [1.807, 2.05) is 26.0 Å². The van der Waals surface area contributed by atoms with E-state index in [0.717, 1.165) is 5.56 Å². The highest BCUT2D eigenvalue weighted by atomic mass is 32.2. The van der Waals surface area contributed by atoms with E-state index in [0.29, 0.717) is 12.8 Å². The second-order valence-electron chi connectivity index (χ2n) is 4.66. The number of hydrogen-bond acceptors (Lipinski definition) is 4. The molecule has 0 aliphatic carbocycles. The van der Waals surface area contributed by atoms with Crippen LogP contribution in [0.4, 0.5) is 0 Å². The van der Waals surface area contributed by atoms with Crippen LogP contribution >= 0.6 is 0 Å². The minimum atomic E-state index is -3.25. The van der Waals surface area contributed by atoms with Gasteiger partial charge in [0, 0.05) is 24.5 Å². The van der Waals surface area contributed by atoms with Crippen LogP contribution in [0, 0.1) is 0 Å². The number of aryl methyl sites for hydroxylation is 1. The molecule has 5 nitrogen and oxygen atoms in total. The Morgan fingerprint density at radius 3 is 2.50 bits per heavy atom. The molecule has 0 aliphatic heterocycles. The van der Waals surface area contributed by atoms with Crippen LogP contribution in [0.2, 0.25) is 0 Å². The van der Waals surface area contributed by atoms with Gasteiger partial charge in [-0.3, -0.25) is 4.98 Å². The van der Waals surface area contributed by atoms with Gasteiger partial charge < -0.3 is 5.73 Å². The van der Waals surface area contributed by atoms with Gasteiger partial charge in [0.1, 0.15) is 0 Å². The standard InChI is InChI=1S/C12H21N3O2S/c1-10(13)9-11(2)15-18(16,17)8-5-12-3-6-14-7-4-12/h3-4,6-7,10-11,15H,5,8-9,13H2,1-2H3. The van der Waals surface area contributed by atoms with Crippen molar-refractivity contribution in [2.75, 3.05) is 5.75 Å². The highest BCUT2D eigenvalue weighted by molar-refractivity contribution is 7.89. The first-order valence-electron chi connectivity index (χ1n) is 6.03. The average Bonchev–Trinajstić information content (AvgIpc) is 2.26. The van der Waals surface area contributed by atoms with Crippen LogP contribution in [0.5, 0.6) is 0 Å². The fraction of sp³-hybridized carbons (Fsp3) is 0.583. The first-order valence-corrected chi connectivity index (χ1v) is 7.69. The molecule has 2 atom stereocenters. The van der Waals surface area contributed by atoms with Gasteiger partial charge in [0.15, 0.2) is 0 Å². The number of aromatic nitrogens is 1. The van der Waals surface area contributed by atoms with Gasteiger partial charge in [-0.25, -0.2) is 13.1 Å². The summed E-state index contributed by atoms with van der Waals surface area (Å²) in [7, 11) is -3.25. The summed E-state index contributed by atoms with van der Waals surface area (Å²) in [5, 5.41) is 0. The summed E-state index contributed by atoms with van der Waals surface area (Å²) in [4.78, 5) is 3.89. The number of nitrogens with one attached hydrogen (secondary N) is 1. The maximum absolute atomic E-state index is 11.8. The van der Waals surface area contributed by atoms with E-state index in [9.17, 15) is 8.42 Å². The Hall–Kier alpha value is -0.980. The summed E-state index contributed by atoms with van der Waals surface area (Å²) < 4.78 is 26.3. The van der Waals surface area contributed by atoms with Gasteiger partial charge in [-0.2, -0.15) is 0 Å². The van der Waals surface area contributed by atoms with Crippen molar-refractivity contribution < 1.29 is 8.42 Å². The lowest BCUT2D eigenvalue weighted by Gasteiger charge is -2.16. The Balaban J connectivity index is 2.45. The lowest BCUT2D eigenvalue weighted by Crippen LogP contribution is -2.38. The zero-order valence-electron chi connectivity index (χ0n) is 10.8. The Morgan fingerprint density at radius 2 is 1.94 bits per heavy atom. The molecule has 0 radical (unpaired) electrons. The summed E-state index contributed by atoms with van der Waals surface area (Å²) in [6, 6.07) is 3.50. The number of hydrogen-bond donors (Lipinski definition) is 2. The average molecular weight is 271 g/mol. The first-order chi connectivity index (χ1) is 8.39. The summed E-state index contributed by atoms with van der Waals surface area (Å²) in [6.45, 7) is 3.69. The van der Waals surface area contributed by atoms with Crippen LogP contribution in [0.15, 0.2) is 24.5 Å². The maximum atomic E-state index is 11.8. The fourth-order valence-electron chi connectivity index (χ4n) is 1.77. The fourth-order valence-corrected chi connectivity index (χ4v) is 3.10. The van der Waals surface area contributed by atoms with Crippen LogP contribution in [-0.2, 0) is 16.4 Å². The molecule has 0 saturated heterocycles. The van der Waals surface area contributed by atoms with E-state index in [2.05, 4.69) is 9.71 Å². The van der Waals surface area contributed by atoms with Crippen molar-refractivity contribution in [3.8, 4) is 0 Å². The lowest BCUT2D eigenvalue weighted by molar-refractivity contribution is 0.519. The quantitative estimate of drug-likeness (QED) is 0.763. The Labute approximate surface area is 109 Å². The molecule has 0 saturated carbocycles. The van der Waals surface area contributed by atoms with Crippen LogP contribution in [0.3, 0.4) is 0 Å². The van der Waals surface area contributed by atoms with Crippen LogP contribution < -0.4 is 10.5 Å². The minimum absolute atomic E-state index is 0.0112. The zero-order valence-corrected chi connectivity index (χ0v) is 11.7. The topological polar surface area (TPSA) is 85.1 Å². The summed E-state index contributed by atoms with van der Waals surface area (Å²) in [5.74, 6) is 0.0836. The molecule has 1 heterocycles. The smallest absolute Gasteiger partial charge is 0.212 e. The highest BCUT2D eigenvalue weighted by Gasteiger charge is 2.15.